The second-order valence-corrected chi connectivity index (χ2v) is 5.35. The Morgan fingerprint density at radius 3 is 2.80 bits per heavy atom. The highest BCUT2D eigenvalue weighted by Gasteiger charge is 2.08. The largest absolute Gasteiger partial charge is 0.379 e. The molecule has 0 amide bonds. The summed E-state index contributed by atoms with van der Waals surface area (Å²) in [6.45, 7) is 5.19. The average molecular weight is 337 g/mol. The van der Waals surface area contributed by atoms with Gasteiger partial charge in [0, 0.05) is 25.0 Å². The molecule has 0 radical (unpaired) electrons. The monoisotopic (exact) mass is 336 g/mol. The van der Waals surface area contributed by atoms with E-state index in [2.05, 4.69) is 31.3 Å². The maximum Gasteiger partial charge on any atom is 0.283 e. The molecule has 0 fully saturated rings. The molecule has 2 aromatic rings. The molecule has 0 aliphatic carbocycles. The molecule has 1 N–H and O–H groups in total. The van der Waals surface area contributed by atoms with Crippen LogP contribution in [0.25, 0.3) is 0 Å². The molecule has 20 heavy (non-hydrogen) atoms. The Balaban J connectivity index is 2.12. The van der Waals surface area contributed by atoms with Crippen molar-refractivity contribution < 1.29 is 0 Å². The van der Waals surface area contributed by atoms with E-state index in [9.17, 15) is 4.79 Å². The van der Waals surface area contributed by atoms with Crippen molar-refractivity contribution in [2.24, 2.45) is 0 Å². The molecule has 0 bridgehead atoms. The first-order valence-corrected chi connectivity index (χ1v) is 7.32. The van der Waals surface area contributed by atoms with E-state index in [1.165, 1.54) is 4.68 Å². The zero-order chi connectivity index (χ0) is 14.5. The van der Waals surface area contributed by atoms with Crippen molar-refractivity contribution in [3.8, 4) is 0 Å². The molecule has 6 heteroatoms. The number of hydrogen-bond donors (Lipinski definition) is 1. The summed E-state index contributed by atoms with van der Waals surface area (Å²) in [5.41, 5.74) is 2.63. The van der Waals surface area contributed by atoms with Gasteiger partial charge in [0.2, 0.25) is 0 Å². The Morgan fingerprint density at radius 1 is 1.35 bits per heavy atom. The molecule has 0 unspecified atom stereocenters. The summed E-state index contributed by atoms with van der Waals surface area (Å²) in [7, 11) is 0. The number of nitrogens with zero attached hydrogens (tertiary/aromatic N) is 3. The maximum absolute atomic E-state index is 12.0. The average Bonchev–Trinajstić information content (AvgIpc) is 2.45. The number of halogens is 1. The molecule has 0 aliphatic rings. The van der Waals surface area contributed by atoms with Crippen LogP contribution in [0.1, 0.15) is 24.6 Å². The molecule has 0 atom stereocenters. The Morgan fingerprint density at radius 2 is 2.15 bits per heavy atom. The normalized spacial score (nSPS) is 10.6. The first kappa shape index (κ1) is 14.7. The standard InChI is InChI=1S/C14H17BrN4O/c1-3-6-19-14(20)13(15)12(9-18-19)17-8-11-5-4-10(2)16-7-11/h4-5,7,9,17H,3,6,8H2,1-2H3. The van der Waals surface area contributed by atoms with E-state index in [4.69, 9.17) is 0 Å². The number of hydrogen-bond acceptors (Lipinski definition) is 4. The van der Waals surface area contributed by atoms with E-state index in [0.29, 0.717) is 23.2 Å². The van der Waals surface area contributed by atoms with E-state index in [1.807, 2.05) is 32.2 Å². The highest BCUT2D eigenvalue weighted by Crippen LogP contribution is 2.17. The Kier molecular flexibility index (Phi) is 4.89. The van der Waals surface area contributed by atoms with Gasteiger partial charge in [-0.3, -0.25) is 9.78 Å². The highest BCUT2D eigenvalue weighted by atomic mass is 79.9. The molecule has 106 valence electrons. The fourth-order valence-corrected chi connectivity index (χ4v) is 2.21. The van der Waals surface area contributed by atoms with Gasteiger partial charge in [0.25, 0.3) is 5.56 Å². The third kappa shape index (κ3) is 3.45. The highest BCUT2D eigenvalue weighted by molar-refractivity contribution is 9.10. The fraction of sp³-hybridized carbons (Fsp3) is 0.357. The van der Waals surface area contributed by atoms with Crippen molar-refractivity contribution in [1.82, 2.24) is 14.8 Å². The minimum absolute atomic E-state index is 0.112. The Labute approximate surface area is 126 Å². The van der Waals surface area contributed by atoms with E-state index in [0.717, 1.165) is 17.7 Å². The van der Waals surface area contributed by atoms with E-state index < -0.39 is 0 Å². The van der Waals surface area contributed by atoms with Crippen LogP contribution >= 0.6 is 15.9 Å². The lowest BCUT2D eigenvalue weighted by Crippen LogP contribution is -2.24. The molecule has 2 rings (SSSR count). The van der Waals surface area contributed by atoms with Crippen molar-refractivity contribution in [3.05, 3.63) is 50.6 Å². The molecule has 2 aromatic heterocycles. The van der Waals surface area contributed by atoms with Gasteiger partial charge in [-0.25, -0.2) is 4.68 Å². The number of anilines is 1. The van der Waals surface area contributed by atoms with Gasteiger partial charge >= 0.3 is 0 Å². The quantitative estimate of drug-likeness (QED) is 0.911. The van der Waals surface area contributed by atoms with Gasteiger partial charge in [-0.15, -0.1) is 0 Å². The number of aryl methyl sites for hydroxylation is 2. The van der Waals surface area contributed by atoms with Crippen LogP contribution in [-0.4, -0.2) is 14.8 Å². The summed E-state index contributed by atoms with van der Waals surface area (Å²) >= 11 is 3.33. The Hall–Kier alpha value is -1.69. The number of aromatic nitrogens is 3. The van der Waals surface area contributed by atoms with Crippen LogP contribution in [0, 0.1) is 6.92 Å². The molecule has 0 saturated heterocycles. The zero-order valence-electron chi connectivity index (χ0n) is 11.6. The zero-order valence-corrected chi connectivity index (χ0v) is 13.1. The molecular formula is C14H17BrN4O. The van der Waals surface area contributed by atoms with Crippen molar-refractivity contribution in [2.75, 3.05) is 5.32 Å². The van der Waals surface area contributed by atoms with E-state index in [-0.39, 0.29) is 5.56 Å². The SMILES string of the molecule is CCCn1ncc(NCc2ccc(C)nc2)c(Br)c1=O. The molecule has 2 heterocycles. The van der Waals surface area contributed by atoms with Crippen LogP contribution in [0.4, 0.5) is 5.69 Å². The van der Waals surface area contributed by atoms with Gasteiger partial charge in [-0.1, -0.05) is 13.0 Å². The smallest absolute Gasteiger partial charge is 0.283 e. The molecular weight excluding hydrogens is 320 g/mol. The lowest BCUT2D eigenvalue weighted by Gasteiger charge is -2.10. The molecule has 0 aromatic carbocycles. The van der Waals surface area contributed by atoms with Crippen LogP contribution in [0.3, 0.4) is 0 Å². The fourth-order valence-electron chi connectivity index (χ4n) is 1.76. The van der Waals surface area contributed by atoms with Gasteiger partial charge in [0.05, 0.1) is 11.9 Å². The van der Waals surface area contributed by atoms with Gasteiger partial charge in [0.1, 0.15) is 4.47 Å². The second-order valence-electron chi connectivity index (χ2n) is 4.56. The predicted octanol–water partition coefficient (Wildman–Crippen LogP) is 2.73. The molecule has 0 aliphatic heterocycles. The van der Waals surface area contributed by atoms with Crippen LogP contribution in [-0.2, 0) is 13.1 Å². The Bertz CT molecular complexity index is 637. The second kappa shape index (κ2) is 6.65. The minimum Gasteiger partial charge on any atom is -0.379 e. The third-order valence-electron chi connectivity index (χ3n) is 2.88. The summed E-state index contributed by atoms with van der Waals surface area (Å²) in [6.07, 6.45) is 4.37. The van der Waals surface area contributed by atoms with Crippen LogP contribution in [0.5, 0.6) is 0 Å². The topological polar surface area (TPSA) is 59.8 Å². The van der Waals surface area contributed by atoms with E-state index in [1.54, 1.807) is 6.20 Å². The van der Waals surface area contributed by atoms with Gasteiger partial charge in [-0.2, -0.15) is 5.10 Å². The third-order valence-corrected chi connectivity index (χ3v) is 3.64. The minimum atomic E-state index is -0.112. The first-order valence-electron chi connectivity index (χ1n) is 6.53. The van der Waals surface area contributed by atoms with Crippen molar-refractivity contribution in [2.45, 2.75) is 33.4 Å². The van der Waals surface area contributed by atoms with Gasteiger partial charge in [-0.05, 0) is 40.9 Å². The summed E-state index contributed by atoms with van der Waals surface area (Å²) in [6, 6.07) is 3.97. The summed E-state index contributed by atoms with van der Waals surface area (Å²) in [5, 5.41) is 7.35. The van der Waals surface area contributed by atoms with Crippen LogP contribution in [0.15, 0.2) is 33.8 Å². The number of pyridine rings is 1. The van der Waals surface area contributed by atoms with Gasteiger partial charge < -0.3 is 5.32 Å². The lowest BCUT2D eigenvalue weighted by molar-refractivity contribution is 0.566. The first-order chi connectivity index (χ1) is 9.61. The maximum atomic E-state index is 12.0. The van der Waals surface area contributed by atoms with Crippen molar-refractivity contribution in [3.63, 3.8) is 0 Å². The lowest BCUT2D eigenvalue weighted by atomic mass is 10.2. The van der Waals surface area contributed by atoms with Crippen LogP contribution < -0.4 is 10.9 Å². The summed E-state index contributed by atoms with van der Waals surface area (Å²) in [4.78, 5) is 16.3. The molecule has 5 nitrogen and oxygen atoms in total. The predicted molar refractivity (Wildman–Crippen MR) is 82.8 cm³/mol. The molecule has 0 saturated carbocycles. The van der Waals surface area contributed by atoms with Crippen molar-refractivity contribution >= 4 is 21.6 Å². The van der Waals surface area contributed by atoms with Crippen LogP contribution in [0.2, 0.25) is 0 Å². The number of rotatable bonds is 5. The van der Waals surface area contributed by atoms with Crippen molar-refractivity contribution in [1.29, 1.82) is 0 Å². The van der Waals surface area contributed by atoms with E-state index >= 15 is 0 Å². The summed E-state index contributed by atoms with van der Waals surface area (Å²) in [5.74, 6) is 0. The summed E-state index contributed by atoms with van der Waals surface area (Å²) < 4.78 is 1.98. The number of nitrogens with one attached hydrogen (secondary N) is 1. The molecule has 0 spiro atoms. The van der Waals surface area contributed by atoms with Gasteiger partial charge in [0.15, 0.2) is 0 Å².